The van der Waals surface area contributed by atoms with Gasteiger partial charge in [-0.1, -0.05) is 19.9 Å². The van der Waals surface area contributed by atoms with Crippen molar-refractivity contribution in [3.8, 4) is 10.7 Å². The first-order chi connectivity index (χ1) is 11.6. The number of hydrogen-bond donors (Lipinski definition) is 1. The Bertz CT molecular complexity index is 663. The molecule has 0 saturated carbocycles. The molecule has 1 fully saturated rings. The molecule has 0 radical (unpaired) electrons. The zero-order valence-corrected chi connectivity index (χ0v) is 15.1. The average molecular weight is 344 g/mol. The van der Waals surface area contributed by atoms with E-state index < -0.39 is 0 Å². The number of carbonyl (C=O) groups excluding carboxylic acids is 1. The first-order valence-electron chi connectivity index (χ1n) is 8.51. The summed E-state index contributed by atoms with van der Waals surface area (Å²) in [5, 5.41) is 6.63. The molecule has 2 aromatic heterocycles. The van der Waals surface area contributed by atoms with E-state index in [2.05, 4.69) is 20.7 Å². The highest BCUT2D eigenvalue weighted by Gasteiger charge is 2.24. The molecule has 1 aliphatic heterocycles. The summed E-state index contributed by atoms with van der Waals surface area (Å²) in [7, 11) is 0. The summed E-state index contributed by atoms with van der Waals surface area (Å²) in [4.78, 5) is 23.0. The highest BCUT2D eigenvalue weighted by Crippen LogP contribution is 2.21. The van der Waals surface area contributed by atoms with Crippen LogP contribution in [-0.2, 0) is 11.3 Å². The smallest absolute Gasteiger partial charge is 0.225 e. The maximum atomic E-state index is 12.0. The second-order valence-corrected chi connectivity index (χ2v) is 7.35. The Hall–Kier alpha value is -1.79. The number of amides is 1. The number of piperidine rings is 1. The van der Waals surface area contributed by atoms with E-state index in [0.717, 1.165) is 48.9 Å². The van der Waals surface area contributed by atoms with Gasteiger partial charge < -0.3 is 10.2 Å². The van der Waals surface area contributed by atoms with Gasteiger partial charge in [0.2, 0.25) is 5.91 Å². The third-order valence-electron chi connectivity index (χ3n) is 4.31. The van der Waals surface area contributed by atoms with Crippen LogP contribution < -0.4 is 5.32 Å². The first kappa shape index (κ1) is 17.0. The second kappa shape index (κ2) is 7.85. The van der Waals surface area contributed by atoms with Crippen molar-refractivity contribution in [2.24, 2.45) is 5.92 Å². The number of likely N-dealkylation sites (tertiary alicyclic amines) is 1. The third-order valence-corrected chi connectivity index (χ3v) is 5.22. The van der Waals surface area contributed by atoms with Crippen molar-refractivity contribution in [2.75, 3.05) is 13.1 Å². The zero-order valence-electron chi connectivity index (χ0n) is 14.2. The first-order valence-corrected chi connectivity index (χ1v) is 9.39. The van der Waals surface area contributed by atoms with Gasteiger partial charge in [-0.05, 0) is 25.0 Å². The second-order valence-electron chi connectivity index (χ2n) is 6.49. The Morgan fingerprint density at radius 1 is 1.38 bits per heavy atom. The van der Waals surface area contributed by atoms with Crippen molar-refractivity contribution in [3.63, 3.8) is 0 Å². The third kappa shape index (κ3) is 4.19. The van der Waals surface area contributed by atoms with Gasteiger partial charge in [-0.15, -0.1) is 11.3 Å². The van der Waals surface area contributed by atoms with E-state index >= 15 is 0 Å². The normalized spacial score (nSPS) is 15.9. The van der Waals surface area contributed by atoms with E-state index in [0.29, 0.717) is 6.04 Å². The van der Waals surface area contributed by atoms with Gasteiger partial charge in [0.15, 0.2) is 0 Å². The maximum Gasteiger partial charge on any atom is 0.225 e. The van der Waals surface area contributed by atoms with Crippen LogP contribution in [0.2, 0.25) is 0 Å². The van der Waals surface area contributed by atoms with E-state index in [1.807, 2.05) is 36.9 Å². The summed E-state index contributed by atoms with van der Waals surface area (Å²) >= 11 is 1.63. The molecule has 1 N–H and O–H groups in total. The van der Waals surface area contributed by atoms with Crippen LogP contribution in [-0.4, -0.2) is 39.9 Å². The fraction of sp³-hybridized carbons (Fsp3) is 0.500. The number of carbonyl (C=O) groups is 1. The Balaban J connectivity index is 1.48. The molecule has 5 nitrogen and oxygen atoms in total. The van der Waals surface area contributed by atoms with E-state index in [9.17, 15) is 4.79 Å². The van der Waals surface area contributed by atoms with Crippen molar-refractivity contribution in [2.45, 2.75) is 39.3 Å². The molecular formula is C18H24N4OS. The van der Waals surface area contributed by atoms with Gasteiger partial charge in [-0.3, -0.25) is 9.78 Å². The maximum absolute atomic E-state index is 12.0. The Morgan fingerprint density at radius 3 is 2.83 bits per heavy atom. The summed E-state index contributed by atoms with van der Waals surface area (Å²) in [6, 6.07) is 6.34. The molecule has 0 atom stereocenters. The largest absolute Gasteiger partial charge is 0.342 e. The number of thiazole rings is 1. The van der Waals surface area contributed by atoms with Crippen molar-refractivity contribution in [1.82, 2.24) is 20.2 Å². The number of aromatic nitrogens is 2. The summed E-state index contributed by atoms with van der Waals surface area (Å²) < 4.78 is 0. The lowest BCUT2D eigenvalue weighted by molar-refractivity contribution is -0.135. The number of hydrogen-bond acceptors (Lipinski definition) is 5. The average Bonchev–Trinajstić information content (AvgIpc) is 3.09. The van der Waals surface area contributed by atoms with Crippen LogP contribution in [0.4, 0.5) is 0 Å². The SMILES string of the molecule is CC(C)C(=O)N1CCC(NCc2csc(-c3ccccn3)n2)CC1. The summed E-state index contributed by atoms with van der Waals surface area (Å²) in [6.45, 7) is 6.41. The molecule has 6 heteroatoms. The van der Waals surface area contributed by atoms with Gasteiger partial charge in [0.05, 0.1) is 11.4 Å². The van der Waals surface area contributed by atoms with Crippen molar-refractivity contribution in [3.05, 3.63) is 35.5 Å². The van der Waals surface area contributed by atoms with Crippen LogP contribution in [0.15, 0.2) is 29.8 Å². The molecule has 0 aliphatic carbocycles. The summed E-state index contributed by atoms with van der Waals surface area (Å²) in [5.74, 6) is 0.363. The van der Waals surface area contributed by atoms with Crippen LogP contribution in [0.25, 0.3) is 10.7 Å². The molecular weight excluding hydrogens is 320 g/mol. The van der Waals surface area contributed by atoms with E-state index in [1.54, 1.807) is 17.5 Å². The predicted molar refractivity (Wildman–Crippen MR) is 96.6 cm³/mol. The van der Waals surface area contributed by atoms with Gasteiger partial charge in [-0.25, -0.2) is 4.98 Å². The van der Waals surface area contributed by atoms with E-state index in [4.69, 9.17) is 0 Å². The van der Waals surface area contributed by atoms with Crippen molar-refractivity contribution >= 4 is 17.2 Å². The Labute approximate surface area is 147 Å². The quantitative estimate of drug-likeness (QED) is 0.906. The van der Waals surface area contributed by atoms with Crippen molar-refractivity contribution in [1.29, 1.82) is 0 Å². The van der Waals surface area contributed by atoms with E-state index in [-0.39, 0.29) is 11.8 Å². The van der Waals surface area contributed by atoms with Crippen molar-refractivity contribution < 1.29 is 4.79 Å². The van der Waals surface area contributed by atoms with Gasteiger partial charge in [-0.2, -0.15) is 0 Å². The molecule has 2 aromatic rings. The van der Waals surface area contributed by atoms with Crippen LogP contribution >= 0.6 is 11.3 Å². The number of rotatable bonds is 5. The molecule has 0 bridgehead atoms. The molecule has 1 amide bonds. The minimum absolute atomic E-state index is 0.0922. The molecule has 24 heavy (non-hydrogen) atoms. The standard InChI is InChI=1S/C18H24N4OS/c1-13(2)18(23)22-9-6-14(7-10-22)20-11-15-12-24-17(21-15)16-5-3-4-8-19-16/h3-5,8,12-14,20H,6-7,9-11H2,1-2H3. The molecule has 1 aliphatic rings. The molecule has 1 saturated heterocycles. The minimum Gasteiger partial charge on any atom is -0.342 e. The lowest BCUT2D eigenvalue weighted by Gasteiger charge is -2.33. The molecule has 0 unspecified atom stereocenters. The summed E-state index contributed by atoms with van der Waals surface area (Å²) in [5.41, 5.74) is 1.98. The number of nitrogens with zero attached hydrogens (tertiary/aromatic N) is 3. The van der Waals surface area contributed by atoms with Gasteiger partial charge in [0.25, 0.3) is 0 Å². The van der Waals surface area contributed by atoms with E-state index in [1.165, 1.54) is 0 Å². The van der Waals surface area contributed by atoms with Gasteiger partial charge in [0, 0.05) is 43.2 Å². The monoisotopic (exact) mass is 344 g/mol. The Morgan fingerprint density at radius 2 is 2.17 bits per heavy atom. The van der Waals surface area contributed by atoms with Gasteiger partial charge >= 0.3 is 0 Å². The Kier molecular flexibility index (Phi) is 5.58. The van der Waals surface area contributed by atoms with Crippen LogP contribution in [0.3, 0.4) is 0 Å². The minimum atomic E-state index is 0.0922. The lowest BCUT2D eigenvalue weighted by Crippen LogP contribution is -2.46. The fourth-order valence-electron chi connectivity index (χ4n) is 2.91. The topological polar surface area (TPSA) is 58.1 Å². The molecule has 0 aromatic carbocycles. The van der Waals surface area contributed by atoms with Gasteiger partial charge in [0.1, 0.15) is 5.01 Å². The highest BCUT2D eigenvalue weighted by molar-refractivity contribution is 7.13. The summed E-state index contributed by atoms with van der Waals surface area (Å²) in [6.07, 6.45) is 3.81. The number of pyridine rings is 1. The number of nitrogens with one attached hydrogen (secondary N) is 1. The predicted octanol–water partition coefficient (Wildman–Crippen LogP) is 2.94. The fourth-order valence-corrected chi connectivity index (χ4v) is 3.71. The molecule has 3 rings (SSSR count). The van der Waals surface area contributed by atoms with Crippen LogP contribution in [0, 0.1) is 5.92 Å². The van der Waals surface area contributed by atoms with Crippen LogP contribution in [0.5, 0.6) is 0 Å². The molecule has 128 valence electrons. The molecule has 3 heterocycles. The molecule has 0 spiro atoms. The zero-order chi connectivity index (χ0) is 16.9. The highest BCUT2D eigenvalue weighted by atomic mass is 32.1. The lowest BCUT2D eigenvalue weighted by atomic mass is 10.0. The van der Waals surface area contributed by atoms with Crippen LogP contribution in [0.1, 0.15) is 32.4 Å².